The number of amides is 3. The normalized spacial score (nSPS) is 12.1. The highest BCUT2D eigenvalue weighted by molar-refractivity contribution is 6.22. The minimum atomic E-state index is -0.383. The molecule has 9 heteroatoms. The van der Waals surface area contributed by atoms with Gasteiger partial charge in [0, 0.05) is 24.5 Å². The van der Waals surface area contributed by atoms with E-state index in [0.29, 0.717) is 17.7 Å². The van der Waals surface area contributed by atoms with Crippen LogP contribution >= 0.6 is 24.8 Å². The van der Waals surface area contributed by atoms with Crippen molar-refractivity contribution in [3.05, 3.63) is 65.0 Å². The average molecular weight is 425 g/mol. The highest BCUT2D eigenvalue weighted by Gasteiger charge is 2.35. The Bertz CT molecular complexity index is 846. The van der Waals surface area contributed by atoms with E-state index in [0.717, 1.165) is 18.5 Å². The largest absolute Gasteiger partial charge is 0.352 e. The Kier molecular flexibility index (Phi) is 9.05. The SMILES string of the molecule is CNCCCNC(=O)c1ccc2c(c1)C(=O)N(Cc1ccncc1)C2=O.Cl.Cl. The Hall–Kier alpha value is -2.48. The summed E-state index contributed by atoms with van der Waals surface area (Å²) in [5.74, 6) is -0.980. The minimum absolute atomic E-state index is 0. The lowest BCUT2D eigenvalue weighted by molar-refractivity contribution is 0.0642. The smallest absolute Gasteiger partial charge is 0.261 e. The Morgan fingerprint density at radius 1 is 1.00 bits per heavy atom. The molecule has 0 spiro atoms. The molecule has 3 rings (SSSR count). The first-order valence-electron chi connectivity index (χ1n) is 8.43. The van der Waals surface area contributed by atoms with Crippen LogP contribution in [0.1, 0.15) is 43.1 Å². The zero-order valence-corrected chi connectivity index (χ0v) is 16.9. The van der Waals surface area contributed by atoms with Crippen molar-refractivity contribution in [2.24, 2.45) is 0 Å². The molecule has 1 aromatic carbocycles. The zero-order valence-electron chi connectivity index (χ0n) is 15.3. The Labute approximate surface area is 175 Å². The number of nitrogens with one attached hydrogen (secondary N) is 2. The fourth-order valence-electron chi connectivity index (χ4n) is 2.82. The molecule has 2 aromatic rings. The molecule has 1 aliphatic rings. The monoisotopic (exact) mass is 424 g/mol. The van der Waals surface area contributed by atoms with Crippen molar-refractivity contribution in [1.29, 1.82) is 0 Å². The van der Waals surface area contributed by atoms with Gasteiger partial charge in [-0.2, -0.15) is 0 Å². The summed E-state index contributed by atoms with van der Waals surface area (Å²) in [5.41, 5.74) is 1.79. The van der Waals surface area contributed by atoms with Gasteiger partial charge < -0.3 is 10.6 Å². The zero-order chi connectivity index (χ0) is 18.5. The van der Waals surface area contributed by atoms with Gasteiger partial charge in [0.1, 0.15) is 0 Å². The van der Waals surface area contributed by atoms with E-state index in [2.05, 4.69) is 15.6 Å². The van der Waals surface area contributed by atoms with Crippen molar-refractivity contribution in [2.75, 3.05) is 20.1 Å². The average Bonchev–Trinajstić information content (AvgIpc) is 2.90. The first-order chi connectivity index (χ1) is 12.6. The van der Waals surface area contributed by atoms with Crippen LogP contribution in [0.25, 0.3) is 0 Å². The van der Waals surface area contributed by atoms with E-state index in [1.165, 1.54) is 11.0 Å². The van der Waals surface area contributed by atoms with Gasteiger partial charge in [-0.1, -0.05) is 0 Å². The van der Waals surface area contributed by atoms with Crippen LogP contribution in [0.5, 0.6) is 0 Å². The molecule has 28 heavy (non-hydrogen) atoms. The van der Waals surface area contributed by atoms with E-state index in [4.69, 9.17) is 0 Å². The van der Waals surface area contributed by atoms with Crippen molar-refractivity contribution in [3.8, 4) is 0 Å². The van der Waals surface area contributed by atoms with E-state index < -0.39 is 0 Å². The van der Waals surface area contributed by atoms with Gasteiger partial charge in [-0.05, 0) is 55.9 Å². The molecule has 0 saturated carbocycles. The van der Waals surface area contributed by atoms with E-state index >= 15 is 0 Å². The molecule has 1 aromatic heterocycles. The molecule has 7 nitrogen and oxygen atoms in total. The Morgan fingerprint density at radius 2 is 1.68 bits per heavy atom. The Morgan fingerprint density at radius 3 is 2.36 bits per heavy atom. The van der Waals surface area contributed by atoms with E-state index in [9.17, 15) is 14.4 Å². The summed E-state index contributed by atoms with van der Waals surface area (Å²) in [4.78, 5) is 42.5. The van der Waals surface area contributed by atoms with E-state index in [1.54, 1.807) is 36.7 Å². The number of aromatic nitrogens is 1. The number of halogens is 2. The number of hydrogen-bond donors (Lipinski definition) is 2. The van der Waals surface area contributed by atoms with E-state index in [1.807, 2.05) is 7.05 Å². The molecule has 2 N–H and O–H groups in total. The first kappa shape index (κ1) is 23.6. The quantitative estimate of drug-likeness (QED) is 0.524. The van der Waals surface area contributed by atoms with Crippen molar-refractivity contribution >= 4 is 42.5 Å². The van der Waals surface area contributed by atoms with Crippen molar-refractivity contribution in [1.82, 2.24) is 20.5 Å². The van der Waals surface area contributed by atoms with Gasteiger partial charge in [0.15, 0.2) is 0 Å². The molecule has 3 amide bonds. The van der Waals surface area contributed by atoms with Gasteiger partial charge in [-0.15, -0.1) is 24.8 Å². The topological polar surface area (TPSA) is 91.4 Å². The second-order valence-corrected chi connectivity index (χ2v) is 6.03. The number of imide groups is 1. The third-order valence-electron chi connectivity index (χ3n) is 4.21. The second kappa shape index (κ2) is 10.8. The number of carbonyl (C=O) groups is 3. The van der Waals surface area contributed by atoms with Crippen LogP contribution in [-0.4, -0.2) is 47.7 Å². The van der Waals surface area contributed by atoms with Gasteiger partial charge in [-0.25, -0.2) is 0 Å². The third kappa shape index (κ3) is 5.07. The summed E-state index contributed by atoms with van der Waals surface area (Å²) in [6.45, 7) is 1.53. The van der Waals surface area contributed by atoms with Crippen LogP contribution < -0.4 is 10.6 Å². The molecule has 0 bridgehead atoms. The lowest BCUT2D eigenvalue weighted by Crippen LogP contribution is -2.29. The standard InChI is InChI=1S/C19H20N4O3.2ClH/c1-20-7-2-8-22-17(24)14-3-4-15-16(11-14)19(26)23(18(15)25)12-13-5-9-21-10-6-13;;/h3-6,9-11,20H,2,7-8,12H2,1H3,(H,22,24);2*1H. The number of pyridine rings is 1. The lowest BCUT2D eigenvalue weighted by atomic mass is 10.1. The third-order valence-corrected chi connectivity index (χ3v) is 4.21. The summed E-state index contributed by atoms with van der Waals surface area (Å²) >= 11 is 0. The molecule has 0 saturated heterocycles. The van der Waals surface area contributed by atoms with Crippen LogP contribution in [0, 0.1) is 0 Å². The predicted octanol–water partition coefficient (Wildman–Crippen LogP) is 2.06. The molecule has 0 atom stereocenters. The first-order valence-corrected chi connectivity index (χ1v) is 8.43. The fourth-order valence-corrected chi connectivity index (χ4v) is 2.82. The van der Waals surface area contributed by atoms with Crippen molar-refractivity contribution in [3.63, 3.8) is 0 Å². The molecular weight excluding hydrogens is 403 g/mol. The molecule has 1 aliphatic heterocycles. The Balaban J connectivity index is 0.00000196. The maximum absolute atomic E-state index is 12.6. The number of fused-ring (bicyclic) bond motifs is 1. The molecule has 150 valence electrons. The maximum atomic E-state index is 12.6. The highest BCUT2D eigenvalue weighted by atomic mass is 35.5. The minimum Gasteiger partial charge on any atom is -0.352 e. The molecule has 0 aliphatic carbocycles. The number of carbonyl (C=O) groups excluding carboxylic acids is 3. The highest BCUT2D eigenvalue weighted by Crippen LogP contribution is 2.25. The van der Waals surface area contributed by atoms with Crippen LogP contribution in [0.3, 0.4) is 0 Å². The summed E-state index contributed by atoms with van der Waals surface area (Å²) in [6.07, 6.45) is 4.04. The maximum Gasteiger partial charge on any atom is 0.261 e. The summed E-state index contributed by atoms with van der Waals surface area (Å²) < 4.78 is 0. The number of rotatable bonds is 7. The predicted molar refractivity (Wildman–Crippen MR) is 110 cm³/mol. The van der Waals surface area contributed by atoms with Crippen LogP contribution in [0.4, 0.5) is 0 Å². The van der Waals surface area contributed by atoms with Gasteiger partial charge in [0.05, 0.1) is 17.7 Å². The lowest BCUT2D eigenvalue weighted by Gasteiger charge is -2.13. The van der Waals surface area contributed by atoms with Crippen molar-refractivity contribution < 1.29 is 14.4 Å². The number of hydrogen-bond acceptors (Lipinski definition) is 5. The molecule has 2 heterocycles. The summed E-state index contributed by atoms with van der Waals surface area (Å²) in [5, 5.41) is 5.81. The summed E-state index contributed by atoms with van der Waals surface area (Å²) in [7, 11) is 1.85. The van der Waals surface area contributed by atoms with Crippen LogP contribution in [0.2, 0.25) is 0 Å². The number of benzene rings is 1. The molecule has 0 unspecified atom stereocenters. The second-order valence-electron chi connectivity index (χ2n) is 6.03. The van der Waals surface area contributed by atoms with Gasteiger partial charge in [-0.3, -0.25) is 24.3 Å². The van der Waals surface area contributed by atoms with Crippen LogP contribution in [0.15, 0.2) is 42.7 Å². The fraction of sp³-hybridized carbons (Fsp3) is 0.263. The van der Waals surface area contributed by atoms with E-state index in [-0.39, 0.29) is 54.6 Å². The van der Waals surface area contributed by atoms with Gasteiger partial charge >= 0.3 is 0 Å². The van der Waals surface area contributed by atoms with Gasteiger partial charge in [0.25, 0.3) is 17.7 Å². The summed E-state index contributed by atoms with van der Waals surface area (Å²) in [6, 6.07) is 8.13. The molecule has 0 radical (unpaired) electrons. The molecular formula is C19H22Cl2N4O3. The van der Waals surface area contributed by atoms with Crippen LogP contribution in [-0.2, 0) is 6.54 Å². The molecule has 0 fully saturated rings. The number of nitrogens with zero attached hydrogens (tertiary/aromatic N) is 2. The van der Waals surface area contributed by atoms with Gasteiger partial charge in [0.2, 0.25) is 0 Å². The van der Waals surface area contributed by atoms with Crippen molar-refractivity contribution in [2.45, 2.75) is 13.0 Å².